The Morgan fingerprint density at radius 1 is 0.465 bits per heavy atom. The number of pyridine rings is 2. The Labute approximate surface area is 250 Å². The van der Waals surface area contributed by atoms with E-state index in [1.807, 2.05) is 12.3 Å². The number of aromatic nitrogens is 2. The molecule has 6 aromatic carbocycles. The highest BCUT2D eigenvalue weighted by Crippen LogP contribution is 2.49. The standard InChI is InChI=1S/C41H28N2/c1-41(2)36-8-4-3-7-32(36)33-17-15-30(24-37(33)41)28-9-10-29-23-31(12-11-27(29)22-28)38-20-16-26-14-18-34-35(40(26)43-38)19-13-25-6-5-21-42-39(25)34/h3-24H,1-2H3. The molecule has 0 saturated heterocycles. The molecule has 2 heterocycles. The Bertz CT molecular complexity index is 2430. The van der Waals surface area contributed by atoms with Crippen LogP contribution < -0.4 is 0 Å². The highest BCUT2D eigenvalue weighted by molar-refractivity contribution is 6.15. The molecule has 0 N–H and O–H groups in total. The van der Waals surface area contributed by atoms with E-state index in [0.29, 0.717) is 0 Å². The summed E-state index contributed by atoms with van der Waals surface area (Å²) in [7, 11) is 0. The predicted molar refractivity (Wildman–Crippen MR) is 180 cm³/mol. The molecule has 1 aliphatic carbocycles. The third kappa shape index (κ3) is 3.60. The highest BCUT2D eigenvalue weighted by atomic mass is 14.7. The third-order valence-corrected chi connectivity index (χ3v) is 9.48. The fraction of sp³-hybridized carbons (Fsp3) is 0.0732. The normalized spacial score (nSPS) is 13.5. The van der Waals surface area contributed by atoms with Gasteiger partial charge in [0.25, 0.3) is 0 Å². The van der Waals surface area contributed by atoms with E-state index in [1.165, 1.54) is 44.2 Å². The van der Waals surface area contributed by atoms with E-state index < -0.39 is 0 Å². The maximum Gasteiger partial charge on any atom is 0.0788 e. The van der Waals surface area contributed by atoms with Gasteiger partial charge in [-0.15, -0.1) is 0 Å². The Morgan fingerprint density at radius 3 is 1.95 bits per heavy atom. The second kappa shape index (κ2) is 8.83. The Hall–Kier alpha value is -5.34. The van der Waals surface area contributed by atoms with Gasteiger partial charge in [-0.2, -0.15) is 0 Å². The number of hydrogen-bond donors (Lipinski definition) is 0. The van der Waals surface area contributed by atoms with Crippen LogP contribution in [0.5, 0.6) is 0 Å². The van der Waals surface area contributed by atoms with E-state index >= 15 is 0 Å². The largest absolute Gasteiger partial charge is 0.256 e. The Balaban J connectivity index is 1.11. The van der Waals surface area contributed by atoms with Crippen LogP contribution in [0.25, 0.3) is 76.9 Å². The van der Waals surface area contributed by atoms with Crippen molar-refractivity contribution >= 4 is 43.4 Å². The molecular formula is C41H28N2. The van der Waals surface area contributed by atoms with E-state index in [-0.39, 0.29) is 5.41 Å². The lowest BCUT2D eigenvalue weighted by atomic mass is 9.81. The molecule has 0 radical (unpaired) electrons. The van der Waals surface area contributed by atoms with Crippen molar-refractivity contribution in [3.8, 4) is 33.5 Å². The zero-order valence-electron chi connectivity index (χ0n) is 24.1. The van der Waals surface area contributed by atoms with Gasteiger partial charge < -0.3 is 0 Å². The van der Waals surface area contributed by atoms with E-state index in [2.05, 4.69) is 140 Å². The summed E-state index contributed by atoms with van der Waals surface area (Å²) in [5.41, 5.74) is 12.2. The van der Waals surface area contributed by atoms with Gasteiger partial charge in [0.1, 0.15) is 0 Å². The number of fused-ring (bicyclic) bond motifs is 9. The lowest BCUT2D eigenvalue weighted by Crippen LogP contribution is -2.14. The number of nitrogens with zero attached hydrogens (tertiary/aromatic N) is 2. The maximum atomic E-state index is 5.19. The summed E-state index contributed by atoms with van der Waals surface area (Å²) in [6, 6.07) is 46.4. The molecule has 2 nitrogen and oxygen atoms in total. The fourth-order valence-electron chi connectivity index (χ4n) is 7.17. The topological polar surface area (TPSA) is 25.8 Å². The van der Waals surface area contributed by atoms with Gasteiger partial charge >= 0.3 is 0 Å². The van der Waals surface area contributed by atoms with E-state index in [0.717, 1.165) is 43.8 Å². The van der Waals surface area contributed by atoms with Gasteiger partial charge in [0.2, 0.25) is 0 Å². The lowest BCUT2D eigenvalue weighted by Gasteiger charge is -2.22. The molecule has 0 unspecified atom stereocenters. The summed E-state index contributed by atoms with van der Waals surface area (Å²) in [4.78, 5) is 9.85. The molecule has 1 aliphatic rings. The minimum absolute atomic E-state index is 0.00449. The van der Waals surface area contributed by atoms with Gasteiger partial charge in [-0.05, 0) is 74.5 Å². The predicted octanol–water partition coefficient (Wildman–Crippen LogP) is 10.7. The Kier molecular flexibility index (Phi) is 4.99. The molecular weight excluding hydrogens is 520 g/mol. The monoisotopic (exact) mass is 548 g/mol. The summed E-state index contributed by atoms with van der Waals surface area (Å²) >= 11 is 0. The van der Waals surface area contributed by atoms with E-state index in [1.54, 1.807) is 0 Å². The number of benzene rings is 6. The maximum absolute atomic E-state index is 5.19. The molecule has 202 valence electrons. The Morgan fingerprint density at radius 2 is 1.09 bits per heavy atom. The molecule has 0 aliphatic heterocycles. The summed E-state index contributed by atoms with van der Waals surface area (Å²) in [5, 5.41) is 7.00. The molecule has 0 saturated carbocycles. The number of hydrogen-bond acceptors (Lipinski definition) is 2. The first-order chi connectivity index (χ1) is 21.0. The molecule has 2 heteroatoms. The van der Waals surface area contributed by atoms with Gasteiger partial charge in [-0.3, -0.25) is 4.98 Å². The smallest absolute Gasteiger partial charge is 0.0788 e. The van der Waals surface area contributed by atoms with Crippen molar-refractivity contribution in [3.05, 3.63) is 145 Å². The van der Waals surface area contributed by atoms with Crippen LogP contribution in [0.3, 0.4) is 0 Å². The molecule has 8 aromatic rings. The molecule has 9 rings (SSSR count). The van der Waals surface area contributed by atoms with Crippen LogP contribution in [-0.4, -0.2) is 9.97 Å². The van der Waals surface area contributed by atoms with Gasteiger partial charge in [0, 0.05) is 38.7 Å². The van der Waals surface area contributed by atoms with Crippen LogP contribution >= 0.6 is 0 Å². The molecule has 0 atom stereocenters. The average Bonchev–Trinajstić information content (AvgIpc) is 3.29. The second-order valence-electron chi connectivity index (χ2n) is 12.3. The van der Waals surface area contributed by atoms with Crippen molar-refractivity contribution in [1.29, 1.82) is 0 Å². The summed E-state index contributed by atoms with van der Waals surface area (Å²) in [6.45, 7) is 4.68. The van der Waals surface area contributed by atoms with Gasteiger partial charge in [0.15, 0.2) is 0 Å². The molecule has 0 spiro atoms. The molecule has 0 fully saturated rings. The van der Waals surface area contributed by atoms with Gasteiger partial charge in [-0.25, -0.2) is 4.98 Å². The second-order valence-corrected chi connectivity index (χ2v) is 12.3. The van der Waals surface area contributed by atoms with E-state index in [4.69, 9.17) is 4.98 Å². The van der Waals surface area contributed by atoms with Crippen LogP contribution in [0.15, 0.2) is 134 Å². The minimum atomic E-state index is -0.00449. The minimum Gasteiger partial charge on any atom is -0.256 e. The van der Waals surface area contributed by atoms with Crippen molar-refractivity contribution < 1.29 is 0 Å². The summed E-state index contributed by atoms with van der Waals surface area (Å²) < 4.78 is 0. The first-order valence-corrected chi connectivity index (χ1v) is 14.9. The zero-order valence-corrected chi connectivity index (χ0v) is 24.1. The first kappa shape index (κ1) is 24.3. The van der Waals surface area contributed by atoms with Crippen LogP contribution in [0, 0.1) is 0 Å². The van der Waals surface area contributed by atoms with Gasteiger partial charge in [0.05, 0.1) is 16.7 Å². The third-order valence-electron chi connectivity index (χ3n) is 9.48. The van der Waals surface area contributed by atoms with Crippen molar-refractivity contribution in [2.45, 2.75) is 19.3 Å². The molecule has 0 amide bonds. The van der Waals surface area contributed by atoms with Crippen molar-refractivity contribution in [1.82, 2.24) is 9.97 Å². The quantitative estimate of drug-likeness (QED) is 0.201. The first-order valence-electron chi connectivity index (χ1n) is 14.9. The van der Waals surface area contributed by atoms with Gasteiger partial charge in [-0.1, -0.05) is 111 Å². The fourth-order valence-corrected chi connectivity index (χ4v) is 7.17. The van der Waals surface area contributed by atoms with Crippen molar-refractivity contribution in [2.75, 3.05) is 0 Å². The van der Waals surface area contributed by atoms with Crippen molar-refractivity contribution in [2.24, 2.45) is 0 Å². The molecule has 2 aromatic heterocycles. The van der Waals surface area contributed by atoms with E-state index in [9.17, 15) is 0 Å². The van der Waals surface area contributed by atoms with Crippen LogP contribution in [-0.2, 0) is 5.41 Å². The number of rotatable bonds is 2. The van der Waals surface area contributed by atoms with Crippen molar-refractivity contribution in [3.63, 3.8) is 0 Å². The van der Waals surface area contributed by atoms with Crippen LogP contribution in [0.1, 0.15) is 25.0 Å². The highest BCUT2D eigenvalue weighted by Gasteiger charge is 2.35. The SMILES string of the molecule is CC1(C)c2ccccc2-c2ccc(-c3ccc4cc(-c5ccc6ccc7c(ccc8cccnc87)c6n5)ccc4c3)cc21. The van der Waals surface area contributed by atoms with Crippen LogP contribution in [0.2, 0.25) is 0 Å². The lowest BCUT2D eigenvalue weighted by molar-refractivity contribution is 0.660. The summed E-state index contributed by atoms with van der Waals surface area (Å²) in [5.74, 6) is 0. The molecule has 43 heavy (non-hydrogen) atoms. The zero-order chi connectivity index (χ0) is 28.7. The summed E-state index contributed by atoms with van der Waals surface area (Å²) in [6.07, 6.45) is 1.86. The van der Waals surface area contributed by atoms with Crippen LogP contribution in [0.4, 0.5) is 0 Å². The average molecular weight is 549 g/mol. The molecule has 0 bridgehead atoms.